The Kier molecular flexibility index (Phi) is 3.58. The third-order valence-electron chi connectivity index (χ3n) is 3.09. The van der Waals surface area contributed by atoms with Crippen molar-refractivity contribution in [3.8, 4) is 11.1 Å². The molecule has 2 rings (SSSR count). The number of aryl methyl sites for hydroxylation is 2. The van der Waals surface area contributed by atoms with E-state index in [2.05, 4.69) is 0 Å². The number of rotatable bonds is 2. The van der Waals surface area contributed by atoms with Gasteiger partial charge in [0.25, 0.3) is 0 Å². The van der Waals surface area contributed by atoms with Gasteiger partial charge in [-0.05, 0) is 55.3 Å². The maximum absolute atomic E-state index is 13.4. The molecule has 98 valence electrons. The van der Waals surface area contributed by atoms with Gasteiger partial charge in [-0.1, -0.05) is 11.6 Å². The zero-order valence-corrected chi connectivity index (χ0v) is 11.3. The average Bonchev–Trinajstić information content (AvgIpc) is 2.33. The van der Waals surface area contributed by atoms with Gasteiger partial charge in [-0.3, -0.25) is 0 Å². The highest BCUT2D eigenvalue weighted by Crippen LogP contribution is 2.33. The second-order valence-corrected chi connectivity index (χ2v) is 4.82. The molecule has 2 nitrogen and oxygen atoms in total. The summed E-state index contributed by atoms with van der Waals surface area (Å²) in [5, 5.41) is 9.58. The maximum Gasteiger partial charge on any atom is 0.336 e. The van der Waals surface area contributed by atoms with Crippen LogP contribution < -0.4 is 0 Å². The van der Waals surface area contributed by atoms with Crippen molar-refractivity contribution in [3.63, 3.8) is 0 Å². The summed E-state index contributed by atoms with van der Waals surface area (Å²) >= 11 is 6.15. The van der Waals surface area contributed by atoms with E-state index in [1.165, 1.54) is 12.1 Å². The molecule has 0 bridgehead atoms. The summed E-state index contributed by atoms with van der Waals surface area (Å²) < 4.78 is 13.4. The number of halogens is 2. The van der Waals surface area contributed by atoms with E-state index in [-0.39, 0.29) is 5.56 Å². The first-order valence-corrected chi connectivity index (χ1v) is 6.08. The molecule has 0 saturated heterocycles. The Balaban J connectivity index is 2.74. The second-order valence-electron chi connectivity index (χ2n) is 4.41. The van der Waals surface area contributed by atoms with Gasteiger partial charge in [0.05, 0.1) is 5.56 Å². The van der Waals surface area contributed by atoms with Crippen molar-refractivity contribution in [2.75, 3.05) is 0 Å². The summed E-state index contributed by atoms with van der Waals surface area (Å²) in [4.78, 5) is 11.2. The maximum atomic E-state index is 13.4. The van der Waals surface area contributed by atoms with E-state index in [1.54, 1.807) is 12.1 Å². The van der Waals surface area contributed by atoms with Crippen LogP contribution in [0.1, 0.15) is 21.5 Å². The van der Waals surface area contributed by atoms with E-state index in [0.717, 1.165) is 17.2 Å². The van der Waals surface area contributed by atoms with Crippen LogP contribution in [0.25, 0.3) is 11.1 Å². The lowest BCUT2D eigenvalue weighted by molar-refractivity contribution is 0.0697. The van der Waals surface area contributed by atoms with E-state index >= 15 is 0 Å². The molecule has 0 amide bonds. The Labute approximate surface area is 115 Å². The highest BCUT2D eigenvalue weighted by molar-refractivity contribution is 6.33. The van der Waals surface area contributed by atoms with Crippen molar-refractivity contribution in [2.24, 2.45) is 0 Å². The zero-order valence-electron chi connectivity index (χ0n) is 10.5. The first kappa shape index (κ1) is 13.6. The number of carboxylic acid groups (broad SMARTS) is 1. The summed E-state index contributed by atoms with van der Waals surface area (Å²) in [6.07, 6.45) is 0. The quantitative estimate of drug-likeness (QED) is 0.880. The van der Waals surface area contributed by atoms with Crippen molar-refractivity contribution in [1.29, 1.82) is 0 Å². The van der Waals surface area contributed by atoms with Crippen LogP contribution >= 0.6 is 11.6 Å². The highest BCUT2D eigenvalue weighted by Gasteiger charge is 2.15. The van der Waals surface area contributed by atoms with E-state index in [9.17, 15) is 9.18 Å². The summed E-state index contributed by atoms with van der Waals surface area (Å²) in [5.74, 6) is -1.60. The lowest BCUT2D eigenvalue weighted by Crippen LogP contribution is -2.01. The number of hydrogen-bond acceptors (Lipinski definition) is 1. The molecule has 0 saturated carbocycles. The number of benzene rings is 2. The standard InChI is InChI=1S/C15H12ClFO2/c1-8-5-13(14(16)6-9(8)2)12-7-10(17)3-4-11(12)15(18)19/h3-7H,1-2H3,(H,18,19). The van der Waals surface area contributed by atoms with Gasteiger partial charge in [0.15, 0.2) is 0 Å². The molecule has 0 unspecified atom stereocenters. The van der Waals surface area contributed by atoms with Gasteiger partial charge in [0.2, 0.25) is 0 Å². The molecule has 4 heteroatoms. The number of carbonyl (C=O) groups is 1. The largest absolute Gasteiger partial charge is 0.478 e. The van der Waals surface area contributed by atoms with Gasteiger partial charge in [0.1, 0.15) is 5.82 Å². The van der Waals surface area contributed by atoms with Crippen LogP contribution in [-0.2, 0) is 0 Å². The van der Waals surface area contributed by atoms with Gasteiger partial charge >= 0.3 is 5.97 Å². The first-order valence-electron chi connectivity index (χ1n) is 5.70. The Hall–Kier alpha value is -1.87. The Morgan fingerprint density at radius 2 is 1.74 bits per heavy atom. The Morgan fingerprint density at radius 1 is 1.11 bits per heavy atom. The minimum absolute atomic E-state index is 0.0338. The van der Waals surface area contributed by atoms with Gasteiger partial charge in [0, 0.05) is 16.1 Å². The molecule has 0 fully saturated rings. The summed E-state index contributed by atoms with van der Waals surface area (Å²) in [5.41, 5.74) is 2.83. The smallest absolute Gasteiger partial charge is 0.336 e. The molecule has 19 heavy (non-hydrogen) atoms. The summed E-state index contributed by atoms with van der Waals surface area (Å²) in [6, 6.07) is 7.10. The Bertz CT molecular complexity index is 665. The molecular formula is C15H12ClFO2. The fourth-order valence-electron chi connectivity index (χ4n) is 1.91. The van der Waals surface area contributed by atoms with Crippen molar-refractivity contribution in [1.82, 2.24) is 0 Å². The van der Waals surface area contributed by atoms with Crippen LogP contribution in [0.2, 0.25) is 5.02 Å². The first-order chi connectivity index (χ1) is 8.90. The molecule has 2 aromatic rings. The number of hydrogen-bond donors (Lipinski definition) is 1. The van der Waals surface area contributed by atoms with E-state index in [0.29, 0.717) is 16.1 Å². The fraction of sp³-hybridized carbons (Fsp3) is 0.133. The lowest BCUT2D eigenvalue weighted by atomic mass is 9.96. The fourth-order valence-corrected chi connectivity index (χ4v) is 2.23. The summed E-state index contributed by atoms with van der Waals surface area (Å²) in [6.45, 7) is 3.81. The average molecular weight is 279 g/mol. The molecule has 0 heterocycles. The third kappa shape index (κ3) is 2.61. The van der Waals surface area contributed by atoms with Gasteiger partial charge in [-0.25, -0.2) is 9.18 Å². The van der Waals surface area contributed by atoms with Crippen molar-refractivity contribution in [2.45, 2.75) is 13.8 Å². The molecule has 0 spiro atoms. The number of aromatic carboxylic acids is 1. The van der Waals surface area contributed by atoms with Crippen LogP contribution in [0, 0.1) is 19.7 Å². The Morgan fingerprint density at radius 3 is 2.37 bits per heavy atom. The molecule has 0 atom stereocenters. The minimum Gasteiger partial charge on any atom is -0.478 e. The normalized spacial score (nSPS) is 10.5. The molecule has 0 aliphatic carbocycles. The molecule has 0 aliphatic rings. The third-order valence-corrected chi connectivity index (χ3v) is 3.40. The summed E-state index contributed by atoms with van der Waals surface area (Å²) in [7, 11) is 0. The molecule has 1 N–H and O–H groups in total. The minimum atomic E-state index is -1.11. The number of carboxylic acids is 1. The zero-order chi connectivity index (χ0) is 14.2. The van der Waals surface area contributed by atoms with Crippen molar-refractivity contribution < 1.29 is 14.3 Å². The van der Waals surface area contributed by atoms with Gasteiger partial charge in [-0.2, -0.15) is 0 Å². The molecule has 0 aromatic heterocycles. The van der Waals surface area contributed by atoms with Crippen LogP contribution in [-0.4, -0.2) is 11.1 Å². The topological polar surface area (TPSA) is 37.3 Å². The SMILES string of the molecule is Cc1cc(Cl)c(-c2cc(F)ccc2C(=O)O)cc1C. The molecule has 0 radical (unpaired) electrons. The van der Waals surface area contributed by atoms with Crippen LogP contribution in [0.15, 0.2) is 30.3 Å². The van der Waals surface area contributed by atoms with Gasteiger partial charge < -0.3 is 5.11 Å². The predicted molar refractivity (Wildman–Crippen MR) is 73.3 cm³/mol. The van der Waals surface area contributed by atoms with Crippen LogP contribution in [0.3, 0.4) is 0 Å². The second kappa shape index (κ2) is 5.02. The molecule has 2 aromatic carbocycles. The monoisotopic (exact) mass is 278 g/mol. The highest BCUT2D eigenvalue weighted by atomic mass is 35.5. The van der Waals surface area contributed by atoms with E-state index in [1.807, 2.05) is 13.8 Å². The van der Waals surface area contributed by atoms with Crippen LogP contribution in [0.4, 0.5) is 4.39 Å². The van der Waals surface area contributed by atoms with Crippen molar-refractivity contribution >= 4 is 17.6 Å². The lowest BCUT2D eigenvalue weighted by Gasteiger charge is -2.11. The van der Waals surface area contributed by atoms with E-state index in [4.69, 9.17) is 16.7 Å². The molecule has 0 aliphatic heterocycles. The predicted octanol–water partition coefficient (Wildman–Crippen LogP) is 4.46. The van der Waals surface area contributed by atoms with Crippen LogP contribution in [0.5, 0.6) is 0 Å². The van der Waals surface area contributed by atoms with Crippen molar-refractivity contribution in [3.05, 3.63) is 57.9 Å². The molecular weight excluding hydrogens is 267 g/mol. The van der Waals surface area contributed by atoms with E-state index < -0.39 is 11.8 Å². The van der Waals surface area contributed by atoms with Gasteiger partial charge in [-0.15, -0.1) is 0 Å².